The summed E-state index contributed by atoms with van der Waals surface area (Å²) in [5.74, 6) is 1.75. The smallest absolute Gasteiger partial charge is 0.157 e. The highest BCUT2D eigenvalue weighted by atomic mass is 32.2. The van der Waals surface area contributed by atoms with Crippen molar-refractivity contribution >= 4 is 17.6 Å². The first kappa shape index (κ1) is 16.2. The Bertz CT molecular complexity index is 379. The zero-order chi connectivity index (χ0) is 14.1. The van der Waals surface area contributed by atoms with Crippen LogP contribution in [0.15, 0.2) is 11.1 Å². The fourth-order valence-corrected chi connectivity index (χ4v) is 2.15. The van der Waals surface area contributed by atoms with Crippen molar-refractivity contribution in [2.75, 3.05) is 31.3 Å². The van der Waals surface area contributed by atoms with E-state index in [1.807, 2.05) is 6.07 Å². The van der Waals surface area contributed by atoms with Gasteiger partial charge in [-0.3, -0.25) is 0 Å². The Kier molecular flexibility index (Phi) is 7.73. The third kappa shape index (κ3) is 6.20. The largest absolute Gasteiger partial charge is 0.394 e. The molecule has 0 aromatic carbocycles. The number of aliphatic hydroxyl groups is 2. The van der Waals surface area contributed by atoms with Crippen LogP contribution in [0.4, 0.5) is 5.82 Å². The second kappa shape index (κ2) is 9.08. The van der Waals surface area contributed by atoms with E-state index in [2.05, 4.69) is 22.2 Å². The van der Waals surface area contributed by atoms with Crippen molar-refractivity contribution in [1.29, 1.82) is 0 Å². The number of aromatic nitrogens is 2. The fraction of sp³-hybridized carbons (Fsp3) is 0.667. The molecule has 7 heteroatoms. The van der Waals surface area contributed by atoms with Gasteiger partial charge in [-0.2, -0.15) is 0 Å². The Labute approximate surface area is 117 Å². The van der Waals surface area contributed by atoms with Crippen LogP contribution in [0, 0.1) is 0 Å². The van der Waals surface area contributed by atoms with Crippen LogP contribution in [0.5, 0.6) is 0 Å². The van der Waals surface area contributed by atoms with Crippen molar-refractivity contribution in [3.63, 3.8) is 0 Å². The van der Waals surface area contributed by atoms with Crippen LogP contribution in [-0.4, -0.2) is 52.3 Å². The third-order valence-electron chi connectivity index (χ3n) is 2.21. The number of thioether (sulfide) groups is 1. The second-order valence-electron chi connectivity index (χ2n) is 4.01. The molecule has 0 aliphatic rings. The van der Waals surface area contributed by atoms with Gasteiger partial charge < -0.3 is 20.3 Å². The first-order chi connectivity index (χ1) is 9.19. The predicted molar refractivity (Wildman–Crippen MR) is 75.3 cm³/mol. The van der Waals surface area contributed by atoms with E-state index in [0.29, 0.717) is 18.2 Å². The summed E-state index contributed by atoms with van der Waals surface area (Å²) in [6.07, 6.45) is 0.271. The molecule has 1 unspecified atom stereocenters. The molecule has 108 valence electrons. The van der Waals surface area contributed by atoms with E-state index in [1.54, 1.807) is 7.11 Å². The van der Waals surface area contributed by atoms with E-state index in [-0.39, 0.29) is 6.61 Å². The Morgan fingerprint density at radius 1 is 1.47 bits per heavy atom. The van der Waals surface area contributed by atoms with Gasteiger partial charge in [0.1, 0.15) is 17.5 Å². The molecule has 0 bridgehead atoms. The highest BCUT2D eigenvalue weighted by Crippen LogP contribution is 2.20. The molecular weight excluding hydrogens is 266 g/mol. The van der Waals surface area contributed by atoms with Crippen molar-refractivity contribution < 1.29 is 14.9 Å². The van der Waals surface area contributed by atoms with E-state index >= 15 is 0 Å². The molecular formula is C12H21N3O3S. The lowest BCUT2D eigenvalue weighted by molar-refractivity contribution is 0.113. The maximum absolute atomic E-state index is 9.35. The van der Waals surface area contributed by atoms with Gasteiger partial charge in [-0.25, -0.2) is 9.97 Å². The van der Waals surface area contributed by atoms with Crippen molar-refractivity contribution in [3.05, 3.63) is 11.9 Å². The van der Waals surface area contributed by atoms with Crippen molar-refractivity contribution in [2.45, 2.75) is 31.1 Å². The number of nitrogens with one attached hydrogen (secondary N) is 1. The molecule has 0 saturated heterocycles. The Hall–Kier alpha value is -0.890. The molecule has 0 fully saturated rings. The van der Waals surface area contributed by atoms with Gasteiger partial charge in [-0.15, -0.1) is 11.8 Å². The summed E-state index contributed by atoms with van der Waals surface area (Å²) in [5.41, 5.74) is 0. The molecule has 0 aliphatic carbocycles. The van der Waals surface area contributed by atoms with E-state index in [0.717, 1.165) is 23.8 Å². The summed E-state index contributed by atoms with van der Waals surface area (Å²) < 4.78 is 5.04. The molecule has 1 aromatic heterocycles. The number of nitrogens with zero attached hydrogens (tertiary/aromatic N) is 2. The summed E-state index contributed by atoms with van der Waals surface area (Å²) in [5, 5.41) is 22.1. The maximum atomic E-state index is 9.35. The lowest BCUT2D eigenvalue weighted by atomic mass is 10.4. The van der Waals surface area contributed by atoms with Crippen LogP contribution < -0.4 is 5.32 Å². The molecule has 1 aromatic rings. The van der Waals surface area contributed by atoms with Crippen molar-refractivity contribution in [2.24, 2.45) is 0 Å². The number of ether oxygens (including phenoxy) is 1. The number of hydrogen-bond donors (Lipinski definition) is 3. The maximum Gasteiger partial charge on any atom is 0.157 e. The Morgan fingerprint density at radius 2 is 2.26 bits per heavy atom. The van der Waals surface area contributed by atoms with Crippen LogP contribution in [0.3, 0.4) is 0 Å². The first-order valence-corrected chi connectivity index (χ1v) is 7.20. The van der Waals surface area contributed by atoms with E-state index in [4.69, 9.17) is 9.84 Å². The number of hydrogen-bond acceptors (Lipinski definition) is 7. The number of rotatable bonds is 9. The summed E-state index contributed by atoms with van der Waals surface area (Å²) in [6, 6.07) is 1.84. The molecule has 0 saturated carbocycles. The Balaban J connectivity index is 2.73. The second-order valence-corrected chi connectivity index (χ2v) is 5.06. The van der Waals surface area contributed by atoms with Gasteiger partial charge in [0.15, 0.2) is 5.82 Å². The molecule has 0 amide bonds. The van der Waals surface area contributed by atoms with Crippen molar-refractivity contribution in [1.82, 2.24) is 9.97 Å². The third-order valence-corrected chi connectivity index (χ3v) is 3.27. The van der Waals surface area contributed by atoms with Gasteiger partial charge in [0.05, 0.1) is 12.7 Å². The number of aliphatic hydroxyl groups excluding tert-OH is 2. The minimum absolute atomic E-state index is 0.246. The quantitative estimate of drug-likeness (QED) is 0.459. The molecule has 1 rings (SSSR count). The van der Waals surface area contributed by atoms with Crippen LogP contribution in [0.1, 0.15) is 19.2 Å². The number of anilines is 1. The molecule has 19 heavy (non-hydrogen) atoms. The zero-order valence-corrected chi connectivity index (χ0v) is 12.1. The van der Waals surface area contributed by atoms with Crippen LogP contribution in [-0.2, 0) is 11.3 Å². The first-order valence-electron chi connectivity index (χ1n) is 6.22. The molecule has 1 atom stereocenters. The Morgan fingerprint density at radius 3 is 2.89 bits per heavy atom. The van der Waals surface area contributed by atoms with Gasteiger partial charge in [0.2, 0.25) is 0 Å². The topological polar surface area (TPSA) is 87.5 Å². The van der Waals surface area contributed by atoms with E-state index < -0.39 is 6.10 Å². The summed E-state index contributed by atoms with van der Waals surface area (Å²) in [7, 11) is 1.60. The summed E-state index contributed by atoms with van der Waals surface area (Å²) >= 11 is 1.38. The minimum atomic E-state index is -0.738. The monoisotopic (exact) mass is 287 g/mol. The van der Waals surface area contributed by atoms with E-state index in [9.17, 15) is 5.11 Å². The molecule has 0 radical (unpaired) electrons. The average Bonchev–Trinajstić information content (AvgIpc) is 2.42. The lowest BCUT2D eigenvalue weighted by Gasteiger charge is -2.10. The molecule has 0 aliphatic heterocycles. The van der Waals surface area contributed by atoms with Crippen LogP contribution >= 0.6 is 11.8 Å². The van der Waals surface area contributed by atoms with Gasteiger partial charge >= 0.3 is 0 Å². The molecule has 3 N–H and O–H groups in total. The number of methoxy groups -OCH3 is 1. The molecule has 6 nitrogen and oxygen atoms in total. The zero-order valence-electron chi connectivity index (χ0n) is 11.3. The molecule has 0 spiro atoms. The SMILES string of the molecule is CCCNc1cc(SCC(O)CO)nc(COC)n1. The van der Waals surface area contributed by atoms with E-state index in [1.165, 1.54) is 11.8 Å². The average molecular weight is 287 g/mol. The summed E-state index contributed by atoms with van der Waals surface area (Å²) in [4.78, 5) is 8.67. The van der Waals surface area contributed by atoms with Gasteiger partial charge in [-0.1, -0.05) is 6.92 Å². The van der Waals surface area contributed by atoms with Gasteiger partial charge in [0, 0.05) is 25.5 Å². The molecule has 1 heterocycles. The lowest BCUT2D eigenvalue weighted by Crippen LogP contribution is -2.15. The van der Waals surface area contributed by atoms with Gasteiger partial charge in [0.25, 0.3) is 0 Å². The predicted octanol–water partition coefficient (Wildman–Crippen LogP) is 0.890. The van der Waals surface area contributed by atoms with Crippen LogP contribution in [0.2, 0.25) is 0 Å². The van der Waals surface area contributed by atoms with Crippen molar-refractivity contribution in [3.8, 4) is 0 Å². The highest BCUT2D eigenvalue weighted by molar-refractivity contribution is 7.99. The highest BCUT2D eigenvalue weighted by Gasteiger charge is 2.08. The fourth-order valence-electron chi connectivity index (χ4n) is 1.32. The van der Waals surface area contributed by atoms with Crippen LogP contribution in [0.25, 0.3) is 0 Å². The normalized spacial score (nSPS) is 12.4. The standard InChI is InChI=1S/C12H21N3O3S/c1-3-4-13-10-5-12(19-8-9(17)6-16)15-11(14-10)7-18-2/h5,9,16-17H,3-4,6-8H2,1-2H3,(H,13,14,15). The minimum Gasteiger partial charge on any atom is -0.394 e. The van der Waals surface area contributed by atoms with Gasteiger partial charge in [-0.05, 0) is 6.42 Å². The summed E-state index contributed by atoms with van der Waals surface area (Å²) in [6.45, 7) is 3.02.